The maximum atomic E-state index is 11.2. The summed E-state index contributed by atoms with van der Waals surface area (Å²) in [6.45, 7) is 2.01. The molecule has 0 unspecified atom stereocenters. The highest BCUT2D eigenvalue weighted by atomic mass is 16.6. The lowest BCUT2D eigenvalue weighted by Crippen LogP contribution is -2.20. The predicted octanol–water partition coefficient (Wildman–Crippen LogP) is 5.05. The average Bonchev–Trinajstić information content (AvgIpc) is 2.58. The van der Waals surface area contributed by atoms with E-state index in [-0.39, 0.29) is 6.54 Å². The van der Waals surface area contributed by atoms with Crippen LogP contribution in [0.4, 0.5) is 0 Å². The molecule has 24 heavy (non-hydrogen) atoms. The number of carbonyl (C=O) groups excluding carboxylic acids is 2. The van der Waals surface area contributed by atoms with Crippen molar-refractivity contribution in [1.29, 1.82) is 0 Å². The van der Waals surface area contributed by atoms with Crippen LogP contribution in [-0.4, -0.2) is 18.5 Å². The van der Waals surface area contributed by atoms with Gasteiger partial charge in [-0.1, -0.05) is 70.4 Å². The van der Waals surface area contributed by atoms with E-state index in [1.807, 2.05) is 0 Å². The van der Waals surface area contributed by atoms with Crippen LogP contribution in [0, 0.1) is 0 Å². The molecule has 0 atom stereocenters. The Labute approximate surface area is 148 Å². The molecule has 0 aliphatic carbocycles. The van der Waals surface area contributed by atoms with Gasteiger partial charge in [-0.05, 0) is 32.1 Å². The maximum Gasteiger partial charge on any atom is 0.327 e. The van der Waals surface area contributed by atoms with Crippen molar-refractivity contribution in [1.82, 2.24) is 0 Å². The average molecular weight is 340 g/mol. The van der Waals surface area contributed by atoms with E-state index in [1.165, 1.54) is 57.8 Å². The Kier molecular flexibility index (Phi) is 17.3. The molecule has 0 radical (unpaired) electrons. The van der Waals surface area contributed by atoms with Gasteiger partial charge < -0.3 is 10.5 Å². The van der Waals surface area contributed by atoms with E-state index >= 15 is 0 Å². The van der Waals surface area contributed by atoms with Gasteiger partial charge in [0.1, 0.15) is 0 Å². The second kappa shape index (κ2) is 18.2. The highest BCUT2D eigenvalue weighted by molar-refractivity contribution is 5.86. The van der Waals surface area contributed by atoms with Crippen molar-refractivity contribution in [3.63, 3.8) is 0 Å². The Morgan fingerprint density at radius 3 is 1.79 bits per heavy atom. The van der Waals surface area contributed by atoms with E-state index in [9.17, 15) is 9.59 Å². The van der Waals surface area contributed by atoms with Crippen LogP contribution in [0.15, 0.2) is 12.2 Å². The van der Waals surface area contributed by atoms with Crippen LogP contribution in [0.1, 0.15) is 96.8 Å². The predicted molar refractivity (Wildman–Crippen MR) is 99.6 cm³/mol. The van der Waals surface area contributed by atoms with Gasteiger partial charge in [0.15, 0.2) is 0 Å². The molecular formula is C20H37NO3. The number of nitrogens with two attached hydrogens (primary N) is 1. The zero-order valence-electron chi connectivity index (χ0n) is 15.6. The summed E-state index contributed by atoms with van der Waals surface area (Å²) in [6.07, 6.45) is 20.8. The maximum absolute atomic E-state index is 11.2. The van der Waals surface area contributed by atoms with Gasteiger partial charge in [-0.15, -0.1) is 0 Å². The van der Waals surface area contributed by atoms with Crippen molar-refractivity contribution in [3.8, 4) is 0 Å². The molecule has 0 aromatic rings. The van der Waals surface area contributed by atoms with Crippen molar-refractivity contribution in [3.05, 3.63) is 12.2 Å². The first-order valence-corrected chi connectivity index (χ1v) is 9.79. The largest absolute Gasteiger partial charge is 0.392 e. The van der Waals surface area contributed by atoms with Crippen molar-refractivity contribution >= 4 is 11.9 Å². The molecule has 0 aliphatic rings. The molecule has 0 heterocycles. The van der Waals surface area contributed by atoms with Crippen LogP contribution < -0.4 is 5.73 Å². The van der Waals surface area contributed by atoms with Crippen molar-refractivity contribution in [2.24, 2.45) is 5.73 Å². The topological polar surface area (TPSA) is 69.4 Å². The first-order chi connectivity index (χ1) is 11.7. The Bertz CT molecular complexity index is 340. The lowest BCUT2D eigenvalue weighted by Gasteiger charge is -2.01. The molecule has 0 rings (SSSR count). The van der Waals surface area contributed by atoms with Crippen LogP contribution in [-0.2, 0) is 14.3 Å². The van der Waals surface area contributed by atoms with Crippen LogP contribution in [0.25, 0.3) is 0 Å². The molecule has 0 spiro atoms. The van der Waals surface area contributed by atoms with Crippen molar-refractivity contribution < 1.29 is 14.3 Å². The molecule has 0 aliphatic heterocycles. The molecule has 140 valence electrons. The fourth-order valence-corrected chi connectivity index (χ4v) is 2.56. The summed E-state index contributed by atoms with van der Waals surface area (Å²) < 4.78 is 4.51. The molecule has 0 aromatic heterocycles. The van der Waals surface area contributed by atoms with Crippen LogP contribution in [0.5, 0.6) is 0 Å². The van der Waals surface area contributed by atoms with E-state index in [1.54, 1.807) is 0 Å². The van der Waals surface area contributed by atoms with Gasteiger partial charge in [0, 0.05) is 6.42 Å². The van der Waals surface area contributed by atoms with E-state index in [2.05, 4.69) is 23.8 Å². The zero-order valence-corrected chi connectivity index (χ0v) is 15.6. The lowest BCUT2D eigenvalue weighted by molar-refractivity contribution is -0.158. The quantitative estimate of drug-likeness (QED) is 0.185. The first-order valence-electron chi connectivity index (χ1n) is 9.79. The van der Waals surface area contributed by atoms with Gasteiger partial charge in [0.25, 0.3) is 0 Å². The number of ether oxygens (including phenoxy) is 1. The Balaban J connectivity index is 3.23. The number of hydrogen-bond acceptors (Lipinski definition) is 4. The highest BCUT2D eigenvalue weighted by Gasteiger charge is 2.07. The van der Waals surface area contributed by atoms with Gasteiger partial charge >= 0.3 is 11.9 Å². The number of carbonyl (C=O) groups is 2. The van der Waals surface area contributed by atoms with E-state index in [0.717, 1.165) is 25.7 Å². The summed E-state index contributed by atoms with van der Waals surface area (Å²) >= 11 is 0. The summed E-state index contributed by atoms with van der Waals surface area (Å²) in [4.78, 5) is 22.0. The lowest BCUT2D eigenvalue weighted by atomic mass is 10.1. The van der Waals surface area contributed by atoms with Gasteiger partial charge in [-0.3, -0.25) is 9.59 Å². The van der Waals surface area contributed by atoms with Crippen molar-refractivity contribution in [2.75, 3.05) is 6.54 Å². The molecule has 0 saturated heterocycles. The highest BCUT2D eigenvalue weighted by Crippen LogP contribution is 2.10. The smallest absolute Gasteiger partial charge is 0.327 e. The van der Waals surface area contributed by atoms with E-state index < -0.39 is 11.9 Å². The molecule has 4 heteroatoms. The SMILES string of the molecule is CCCCCCCC/C=C\CCCCCCCC(=O)OC(=O)CN. The van der Waals surface area contributed by atoms with Crippen LogP contribution >= 0.6 is 0 Å². The summed E-state index contributed by atoms with van der Waals surface area (Å²) in [6, 6.07) is 0. The number of rotatable bonds is 16. The molecule has 2 N–H and O–H groups in total. The Morgan fingerprint density at radius 2 is 1.25 bits per heavy atom. The summed E-state index contributed by atoms with van der Waals surface area (Å²) in [5.74, 6) is -1.10. The third-order valence-electron chi connectivity index (χ3n) is 4.04. The summed E-state index contributed by atoms with van der Waals surface area (Å²) in [7, 11) is 0. The first kappa shape index (κ1) is 22.8. The fraction of sp³-hybridized carbons (Fsp3) is 0.800. The minimum atomic E-state index is -0.646. The molecule has 0 fully saturated rings. The van der Waals surface area contributed by atoms with Gasteiger partial charge in [0.05, 0.1) is 6.54 Å². The minimum Gasteiger partial charge on any atom is -0.392 e. The van der Waals surface area contributed by atoms with Crippen LogP contribution in [0.3, 0.4) is 0 Å². The molecule has 0 saturated carbocycles. The molecule has 0 amide bonds. The third kappa shape index (κ3) is 17.2. The van der Waals surface area contributed by atoms with E-state index in [4.69, 9.17) is 5.73 Å². The van der Waals surface area contributed by atoms with Crippen molar-refractivity contribution in [2.45, 2.75) is 96.8 Å². The van der Waals surface area contributed by atoms with Gasteiger partial charge in [-0.2, -0.15) is 0 Å². The second-order valence-electron chi connectivity index (χ2n) is 6.38. The number of allylic oxidation sites excluding steroid dienone is 2. The molecular weight excluding hydrogens is 302 g/mol. The number of hydrogen-bond donors (Lipinski definition) is 1. The van der Waals surface area contributed by atoms with Gasteiger partial charge in [0.2, 0.25) is 0 Å². The Hall–Kier alpha value is -1.16. The monoisotopic (exact) mass is 339 g/mol. The number of esters is 2. The van der Waals surface area contributed by atoms with Gasteiger partial charge in [-0.25, -0.2) is 0 Å². The summed E-state index contributed by atoms with van der Waals surface area (Å²) in [5.41, 5.74) is 5.07. The molecule has 4 nitrogen and oxygen atoms in total. The van der Waals surface area contributed by atoms with E-state index in [0.29, 0.717) is 6.42 Å². The standard InChI is InChI=1S/C20H37NO3/c1-2-3-4-5-6-7-8-9-10-11-12-13-14-15-16-17-19(22)24-20(23)18-21/h9-10H,2-8,11-18,21H2,1H3/b10-9-. The third-order valence-corrected chi connectivity index (χ3v) is 4.04. The summed E-state index contributed by atoms with van der Waals surface area (Å²) in [5, 5.41) is 0. The normalized spacial score (nSPS) is 11.1. The van der Waals surface area contributed by atoms with Crippen LogP contribution in [0.2, 0.25) is 0 Å². The number of unbranched alkanes of at least 4 members (excludes halogenated alkanes) is 11. The Morgan fingerprint density at radius 1 is 0.750 bits per heavy atom. The minimum absolute atomic E-state index is 0.238. The second-order valence-corrected chi connectivity index (χ2v) is 6.38. The fourth-order valence-electron chi connectivity index (χ4n) is 2.56. The molecule has 0 aromatic carbocycles. The zero-order chi connectivity index (χ0) is 17.9. The molecule has 0 bridgehead atoms.